The zero-order chi connectivity index (χ0) is 12.7. The Hall–Kier alpha value is -1.93. The van der Waals surface area contributed by atoms with Gasteiger partial charge in [0.2, 0.25) is 0 Å². The molecule has 0 saturated heterocycles. The summed E-state index contributed by atoms with van der Waals surface area (Å²) in [6, 6.07) is 3.41. The molecule has 1 rings (SSSR count). The van der Waals surface area contributed by atoms with Crippen LogP contribution in [0.4, 0.5) is 0 Å². The maximum atomic E-state index is 11.7. The molecule has 90 valence electrons. The third-order valence-corrected chi connectivity index (χ3v) is 2.04. The first-order valence-electron chi connectivity index (χ1n) is 5.36. The van der Waals surface area contributed by atoms with E-state index in [4.69, 9.17) is 14.7 Å². The molecule has 1 aromatic rings. The molecule has 0 aliphatic carbocycles. The monoisotopic (exact) mass is 234 g/mol. The molecule has 5 heteroatoms. The fraction of sp³-hybridized carbons (Fsp3) is 0.417. The van der Waals surface area contributed by atoms with Gasteiger partial charge in [0, 0.05) is 12.8 Å². The first-order chi connectivity index (χ1) is 8.22. The van der Waals surface area contributed by atoms with Crippen molar-refractivity contribution in [2.45, 2.75) is 20.5 Å². The molecule has 0 N–H and O–H groups in total. The Morgan fingerprint density at radius 2 is 2.24 bits per heavy atom. The Labute approximate surface area is 100.0 Å². The highest BCUT2D eigenvalue weighted by Crippen LogP contribution is 2.11. The van der Waals surface area contributed by atoms with E-state index in [-0.39, 0.29) is 13.2 Å². The van der Waals surface area contributed by atoms with Gasteiger partial charge in [0.15, 0.2) is 0 Å². The third-order valence-electron chi connectivity index (χ3n) is 2.04. The number of carbonyl (C=O) groups is 1. The predicted molar refractivity (Wildman–Crippen MR) is 60.2 cm³/mol. The summed E-state index contributed by atoms with van der Waals surface area (Å²) in [5.41, 5.74) is 1.11. The standard InChI is InChI=1S/C12H14N2O3/c1-3-16-8-11-10(12(15)17-4-2)5-9(6-13)7-14-11/h5,7H,3-4,8H2,1-2H3. The zero-order valence-corrected chi connectivity index (χ0v) is 9.90. The van der Waals surface area contributed by atoms with Crippen molar-refractivity contribution in [3.8, 4) is 6.07 Å². The summed E-state index contributed by atoms with van der Waals surface area (Å²) in [6.45, 7) is 4.62. The number of nitrogens with zero attached hydrogens (tertiary/aromatic N) is 2. The van der Waals surface area contributed by atoms with Crippen molar-refractivity contribution >= 4 is 5.97 Å². The van der Waals surface area contributed by atoms with E-state index in [9.17, 15) is 4.79 Å². The SMILES string of the molecule is CCOCc1ncc(C#N)cc1C(=O)OCC. The van der Waals surface area contributed by atoms with Crippen molar-refractivity contribution in [2.75, 3.05) is 13.2 Å². The van der Waals surface area contributed by atoms with Crippen LogP contribution in [-0.2, 0) is 16.1 Å². The lowest BCUT2D eigenvalue weighted by Crippen LogP contribution is -2.11. The van der Waals surface area contributed by atoms with E-state index in [0.29, 0.717) is 23.4 Å². The number of carbonyl (C=O) groups excluding carboxylic acids is 1. The van der Waals surface area contributed by atoms with E-state index in [1.807, 2.05) is 13.0 Å². The highest BCUT2D eigenvalue weighted by Gasteiger charge is 2.14. The van der Waals surface area contributed by atoms with Crippen LogP contribution in [-0.4, -0.2) is 24.2 Å². The van der Waals surface area contributed by atoms with Gasteiger partial charge in [-0.1, -0.05) is 0 Å². The molecule has 0 atom stereocenters. The lowest BCUT2D eigenvalue weighted by atomic mass is 10.1. The maximum absolute atomic E-state index is 11.7. The number of nitriles is 1. The van der Waals surface area contributed by atoms with Crippen molar-refractivity contribution < 1.29 is 14.3 Å². The van der Waals surface area contributed by atoms with E-state index in [1.54, 1.807) is 6.92 Å². The predicted octanol–water partition coefficient (Wildman–Crippen LogP) is 1.67. The molecule has 0 aliphatic rings. The van der Waals surface area contributed by atoms with Gasteiger partial charge in [0.05, 0.1) is 30.0 Å². The van der Waals surface area contributed by atoms with Gasteiger partial charge < -0.3 is 9.47 Å². The van der Waals surface area contributed by atoms with Crippen LogP contribution in [0.5, 0.6) is 0 Å². The van der Waals surface area contributed by atoms with Gasteiger partial charge in [-0.3, -0.25) is 4.98 Å². The van der Waals surface area contributed by atoms with E-state index in [2.05, 4.69) is 4.98 Å². The molecule has 0 bridgehead atoms. The molecular weight excluding hydrogens is 220 g/mol. The van der Waals surface area contributed by atoms with Crippen LogP contribution in [0.1, 0.15) is 35.5 Å². The molecule has 5 nitrogen and oxygen atoms in total. The largest absolute Gasteiger partial charge is 0.462 e. The highest BCUT2D eigenvalue weighted by molar-refractivity contribution is 5.90. The van der Waals surface area contributed by atoms with Gasteiger partial charge in [0.25, 0.3) is 0 Å². The summed E-state index contributed by atoms with van der Waals surface area (Å²) >= 11 is 0. The molecule has 0 fully saturated rings. The van der Waals surface area contributed by atoms with Gasteiger partial charge >= 0.3 is 5.97 Å². The van der Waals surface area contributed by atoms with E-state index in [0.717, 1.165) is 0 Å². The smallest absolute Gasteiger partial charge is 0.340 e. The van der Waals surface area contributed by atoms with Crippen LogP contribution in [0.3, 0.4) is 0 Å². The second-order valence-electron chi connectivity index (χ2n) is 3.19. The molecule has 1 aromatic heterocycles. The molecule has 0 aliphatic heterocycles. The Morgan fingerprint density at radius 1 is 1.47 bits per heavy atom. The Balaban J connectivity index is 3.03. The van der Waals surface area contributed by atoms with Crippen molar-refractivity contribution in [3.63, 3.8) is 0 Å². The Kier molecular flexibility index (Phi) is 5.11. The number of pyridine rings is 1. The molecular formula is C12H14N2O3. The zero-order valence-electron chi connectivity index (χ0n) is 9.90. The maximum Gasteiger partial charge on any atom is 0.340 e. The topological polar surface area (TPSA) is 72.2 Å². The number of aromatic nitrogens is 1. The summed E-state index contributed by atoms with van der Waals surface area (Å²) in [5.74, 6) is -0.480. The quantitative estimate of drug-likeness (QED) is 0.724. The molecule has 0 radical (unpaired) electrons. The minimum atomic E-state index is -0.480. The average molecular weight is 234 g/mol. The van der Waals surface area contributed by atoms with Gasteiger partial charge in [-0.2, -0.15) is 5.26 Å². The summed E-state index contributed by atoms with van der Waals surface area (Å²) < 4.78 is 10.1. The van der Waals surface area contributed by atoms with E-state index >= 15 is 0 Å². The van der Waals surface area contributed by atoms with E-state index < -0.39 is 5.97 Å². The van der Waals surface area contributed by atoms with Crippen molar-refractivity contribution in [1.82, 2.24) is 4.98 Å². The first-order valence-corrected chi connectivity index (χ1v) is 5.36. The molecule has 1 heterocycles. The van der Waals surface area contributed by atoms with E-state index in [1.165, 1.54) is 12.3 Å². The molecule has 0 spiro atoms. The number of esters is 1. The fourth-order valence-corrected chi connectivity index (χ4v) is 1.25. The number of hydrogen-bond donors (Lipinski definition) is 0. The first kappa shape index (κ1) is 13.1. The summed E-state index contributed by atoms with van der Waals surface area (Å²) in [7, 11) is 0. The summed E-state index contributed by atoms with van der Waals surface area (Å²) in [6.07, 6.45) is 1.41. The van der Waals surface area contributed by atoms with Crippen LogP contribution in [0, 0.1) is 11.3 Å². The minimum Gasteiger partial charge on any atom is -0.462 e. The Morgan fingerprint density at radius 3 is 2.82 bits per heavy atom. The second kappa shape index (κ2) is 6.61. The van der Waals surface area contributed by atoms with Crippen LogP contribution >= 0.6 is 0 Å². The third kappa shape index (κ3) is 3.54. The van der Waals surface area contributed by atoms with Crippen LogP contribution in [0.25, 0.3) is 0 Å². The number of ether oxygens (including phenoxy) is 2. The molecule has 17 heavy (non-hydrogen) atoms. The number of rotatable bonds is 5. The molecule has 0 aromatic carbocycles. The molecule has 0 amide bonds. The van der Waals surface area contributed by atoms with Crippen molar-refractivity contribution in [3.05, 3.63) is 29.1 Å². The molecule has 0 saturated carbocycles. The van der Waals surface area contributed by atoms with Gasteiger partial charge in [-0.25, -0.2) is 4.79 Å². The van der Waals surface area contributed by atoms with Crippen LogP contribution in [0.2, 0.25) is 0 Å². The lowest BCUT2D eigenvalue weighted by Gasteiger charge is -2.08. The normalized spacial score (nSPS) is 9.71. The summed E-state index contributed by atoms with van der Waals surface area (Å²) in [5, 5.41) is 8.77. The number of hydrogen-bond acceptors (Lipinski definition) is 5. The van der Waals surface area contributed by atoms with Gasteiger partial charge in [0.1, 0.15) is 6.07 Å². The minimum absolute atomic E-state index is 0.232. The average Bonchev–Trinajstić information content (AvgIpc) is 2.36. The van der Waals surface area contributed by atoms with Crippen molar-refractivity contribution in [2.24, 2.45) is 0 Å². The van der Waals surface area contributed by atoms with Crippen LogP contribution in [0.15, 0.2) is 12.3 Å². The Bertz CT molecular complexity index is 438. The summed E-state index contributed by atoms with van der Waals surface area (Å²) in [4.78, 5) is 15.7. The highest BCUT2D eigenvalue weighted by atomic mass is 16.5. The van der Waals surface area contributed by atoms with Crippen molar-refractivity contribution in [1.29, 1.82) is 5.26 Å². The second-order valence-corrected chi connectivity index (χ2v) is 3.19. The fourth-order valence-electron chi connectivity index (χ4n) is 1.25. The van der Waals surface area contributed by atoms with Gasteiger partial charge in [-0.15, -0.1) is 0 Å². The lowest BCUT2D eigenvalue weighted by molar-refractivity contribution is 0.0518. The van der Waals surface area contributed by atoms with Crippen LogP contribution < -0.4 is 0 Å². The van der Waals surface area contributed by atoms with Gasteiger partial charge in [-0.05, 0) is 19.9 Å². The molecule has 0 unspecified atom stereocenters.